The minimum atomic E-state index is -4.50. The fourth-order valence-electron chi connectivity index (χ4n) is 3.46. The lowest BCUT2D eigenvalue weighted by Gasteiger charge is -2.10. The number of carbonyl (C=O) groups excluding carboxylic acids is 1. The van der Waals surface area contributed by atoms with Crippen molar-refractivity contribution in [2.45, 2.75) is 32.5 Å². The lowest BCUT2D eigenvalue weighted by molar-refractivity contribution is -0.137. The molecule has 1 aliphatic rings. The fraction of sp³-hybridized carbons (Fsp3) is 0.273. The number of nitrogens with one attached hydrogen (secondary N) is 1. The van der Waals surface area contributed by atoms with Crippen LogP contribution < -0.4 is 5.32 Å². The molecule has 3 heterocycles. The number of halogens is 3. The van der Waals surface area contributed by atoms with Crippen molar-refractivity contribution in [3.63, 3.8) is 0 Å². The van der Waals surface area contributed by atoms with Crippen LogP contribution in [0.15, 0.2) is 48.0 Å². The molecular weight excluding hydrogens is 453 g/mol. The largest absolute Gasteiger partial charge is 0.416 e. The lowest BCUT2D eigenvalue weighted by atomic mass is 10.2. The number of anilines is 1. The van der Waals surface area contributed by atoms with Crippen LogP contribution >= 0.6 is 11.3 Å². The van der Waals surface area contributed by atoms with E-state index in [9.17, 15) is 18.0 Å². The van der Waals surface area contributed by atoms with E-state index in [1.54, 1.807) is 23.0 Å². The highest BCUT2D eigenvalue weighted by atomic mass is 32.1. The predicted molar refractivity (Wildman–Crippen MR) is 117 cm³/mol. The van der Waals surface area contributed by atoms with Crippen molar-refractivity contribution in [2.75, 3.05) is 5.32 Å². The third-order valence-corrected chi connectivity index (χ3v) is 6.22. The number of alkyl halides is 3. The Hall–Kier alpha value is -3.47. The standard InChI is InChI=1S/C22H19F3N6OS/c1-13-11-26-30(12-14-7-8-14)19(13)28-21(32)18-27-20(17-6-3-9-33-17)31(29-18)16-5-2-4-15(10-16)22(23,24)25/h2-6,9-11,14H,7-8,12H2,1H3,(H,28,32). The summed E-state index contributed by atoms with van der Waals surface area (Å²) in [4.78, 5) is 18.1. The number of aromatic nitrogens is 5. The van der Waals surface area contributed by atoms with E-state index < -0.39 is 17.6 Å². The highest BCUT2D eigenvalue weighted by molar-refractivity contribution is 7.13. The van der Waals surface area contributed by atoms with Crippen LogP contribution in [0.4, 0.5) is 19.0 Å². The van der Waals surface area contributed by atoms with Crippen LogP contribution in [0.5, 0.6) is 0 Å². The second kappa shape index (κ2) is 8.14. The van der Waals surface area contributed by atoms with Crippen molar-refractivity contribution < 1.29 is 18.0 Å². The molecule has 0 atom stereocenters. The number of thiophene rings is 1. The maximum Gasteiger partial charge on any atom is 0.416 e. The normalized spacial score (nSPS) is 13.9. The molecule has 7 nitrogen and oxygen atoms in total. The SMILES string of the molecule is Cc1cnn(CC2CC2)c1NC(=O)c1nc(-c2cccs2)n(-c2cccc(C(F)(F)F)c2)n1. The number of benzene rings is 1. The van der Waals surface area contributed by atoms with Crippen molar-refractivity contribution in [3.8, 4) is 16.4 Å². The molecule has 5 rings (SSSR count). The molecule has 3 aromatic heterocycles. The van der Waals surface area contributed by atoms with E-state index in [1.165, 1.54) is 28.2 Å². The summed E-state index contributed by atoms with van der Waals surface area (Å²) in [6.07, 6.45) is -0.542. The van der Waals surface area contributed by atoms with Gasteiger partial charge in [0.1, 0.15) is 5.82 Å². The fourth-order valence-corrected chi connectivity index (χ4v) is 4.15. The van der Waals surface area contributed by atoms with Crippen LogP contribution in [0.1, 0.15) is 34.6 Å². The second-order valence-corrected chi connectivity index (χ2v) is 8.90. The zero-order chi connectivity index (χ0) is 23.2. The quantitative estimate of drug-likeness (QED) is 0.419. The van der Waals surface area contributed by atoms with Gasteiger partial charge in [-0.05, 0) is 55.3 Å². The molecule has 0 radical (unpaired) electrons. The second-order valence-electron chi connectivity index (χ2n) is 7.95. The van der Waals surface area contributed by atoms with Gasteiger partial charge in [0, 0.05) is 12.1 Å². The number of nitrogens with zero attached hydrogens (tertiary/aromatic N) is 5. The summed E-state index contributed by atoms with van der Waals surface area (Å²) in [6, 6.07) is 8.35. The molecule has 1 fully saturated rings. The number of hydrogen-bond acceptors (Lipinski definition) is 5. The Morgan fingerprint density at radius 3 is 2.76 bits per heavy atom. The molecular formula is C22H19F3N6OS. The molecule has 1 saturated carbocycles. The van der Waals surface area contributed by atoms with Crippen molar-refractivity contribution in [3.05, 3.63) is 64.9 Å². The Kier molecular flexibility index (Phi) is 5.28. The Balaban J connectivity index is 1.51. The van der Waals surface area contributed by atoms with Gasteiger partial charge in [-0.1, -0.05) is 12.1 Å². The van der Waals surface area contributed by atoms with Gasteiger partial charge >= 0.3 is 6.18 Å². The number of rotatable bonds is 6. The van der Waals surface area contributed by atoms with E-state index in [0.717, 1.165) is 37.1 Å². The molecule has 0 unspecified atom stereocenters. The highest BCUT2D eigenvalue weighted by Crippen LogP contribution is 2.33. The van der Waals surface area contributed by atoms with Crippen molar-refractivity contribution in [1.82, 2.24) is 24.5 Å². The van der Waals surface area contributed by atoms with Crippen LogP contribution in [0, 0.1) is 12.8 Å². The summed E-state index contributed by atoms with van der Waals surface area (Å²) in [5, 5.41) is 13.3. The van der Waals surface area contributed by atoms with Crippen molar-refractivity contribution in [1.29, 1.82) is 0 Å². The molecule has 170 valence electrons. The van der Waals surface area contributed by atoms with Gasteiger partial charge in [0.2, 0.25) is 5.82 Å². The first-order valence-electron chi connectivity index (χ1n) is 10.3. The minimum Gasteiger partial charge on any atom is -0.304 e. The van der Waals surface area contributed by atoms with Crippen molar-refractivity contribution >= 4 is 23.1 Å². The molecule has 0 bridgehead atoms. The van der Waals surface area contributed by atoms with Gasteiger partial charge in [-0.25, -0.2) is 14.3 Å². The average Bonchev–Trinajstić information content (AvgIpc) is 3.16. The number of carbonyl (C=O) groups is 1. The number of hydrogen-bond donors (Lipinski definition) is 1. The summed E-state index contributed by atoms with van der Waals surface area (Å²) in [5.74, 6) is 0.717. The molecule has 0 spiro atoms. The molecule has 0 saturated heterocycles. The van der Waals surface area contributed by atoms with E-state index in [0.29, 0.717) is 16.6 Å². The van der Waals surface area contributed by atoms with Crippen molar-refractivity contribution in [2.24, 2.45) is 5.92 Å². The van der Waals surface area contributed by atoms with E-state index in [4.69, 9.17) is 0 Å². The maximum absolute atomic E-state index is 13.3. The summed E-state index contributed by atoms with van der Waals surface area (Å²) in [6.45, 7) is 2.56. The third kappa shape index (κ3) is 4.40. The summed E-state index contributed by atoms with van der Waals surface area (Å²) >= 11 is 1.35. The first-order chi connectivity index (χ1) is 15.8. The molecule has 1 amide bonds. The average molecular weight is 472 g/mol. The van der Waals surface area contributed by atoms with Gasteiger partial charge in [0.25, 0.3) is 5.91 Å². The maximum atomic E-state index is 13.3. The zero-order valence-corrected chi connectivity index (χ0v) is 18.3. The van der Waals surface area contributed by atoms with Gasteiger partial charge in [-0.15, -0.1) is 16.4 Å². The zero-order valence-electron chi connectivity index (χ0n) is 17.5. The van der Waals surface area contributed by atoms with Gasteiger partial charge in [0.05, 0.1) is 22.3 Å². The predicted octanol–water partition coefficient (Wildman–Crippen LogP) is 5.18. The molecule has 4 aromatic rings. The van der Waals surface area contributed by atoms with Gasteiger partial charge in [-0.3, -0.25) is 4.79 Å². The smallest absolute Gasteiger partial charge is 0.304 e. The Labute approximate surface area is 190 Å². The van der Waals surface area contributed by atoms with Crippen LogP contribution in [0.25, 0.3) is 16.4 Å². The minimum absolute atomic E-state index is 0.144. The molecule has 1 aliphatic carbocycles. The topological polar surface area (TPSA) is 77.6 Å². The number of amides is 1. The summed E-state index contributed by atoms with van der Waals surface area (Å²) in [5.41, 5.74) is 0.160. The van der Waals surface area contributed by atoms with Gasteiger partial charge in [-0.2, -0.15) is 18.3 Å². The Morgan fingerprint density at radius 2 is 2.06 bits per heavy atom. The van der Waals surface area contributed by atoms with E-state index in [-0.39, 0.29) is 17.3 Å². The Morgan fingerprint density at radius 1 is 1.24 bits per heavy atom. The summed E-state index contributed by atoms with van der Waals surface area (Å²) in [7, 11) is 0. The van der Waals surface area contributed by atoms with Gasteiger partial charge < -0.3 is 5.32 Å². The number of aryl methyl sites for hydroxylation is 1. The highest BCUT2D eigenvalue weighted by Gasteiger charge is 2.31. The summed E-state index contributed by atoms with van der Waals surface area (Å²) < 4.78 is 42.8. The molecule has 11 heteroatoms. The molecule has 1 N–H and O–H groups in total. The van der Waals surface area contributed by atoms with E-state index in [2.05, 4.69) is 20.5 Å². The van der Waals surface area contributed by atoms with Crippen LogP contribution in [-0.4, -0.2) is 30.5 Å². The first kappa shape index (κ1) is 21.4. The molecule has 1 aromatic carbocycles. The van der Waals surface area contributed by atoms with Crippen LogP contribution in [0.3, 0.4) is 0 Å². The Bertz CT molecular complexity index is 1300. The van der Waals surface area contributed by atoms with E-state index in [1.807, 2.05) is 12.3 Å². The van der Waals surface area contributed by atoms with Crippen LogP contribution in [-0.2, 0) is 12.7 Å². The van der Waals surface area contributed by atoms with Gasteiger partial charge in [0.15, 0.2) is 5.82 Å². The molecule has 0 aliphatic heterocycles. The van der Waals surface area contributed by atoms with E-state index >= 15 is 0 Å². The molecule has 33 heavy (non-hydrogen) atoms. The lowest BCUT2D eigenvalue weighted by Crippen LogP contribution is -2.18. The monoisotopic (exact) mass is 472 g/mol. The third-order valence-electron chi connectivity index (χ3n) is 5.35. The first-order valence-corrected chi connectivity index (χ1v) is 11.2. The van der Waals surface area contributed by atoms with Crippen LogP contribution in [0.2, 0.25) is 0 Å².